The molecule has 90 valence electrons. The summed E-state index contributed by atoms with van der Waals surface area (Å²) in [5.41, 5.74) is 1.98. The molecule has 0 aliphatic carbocycles. The van der Waals surface area contributed by atoms with E-state index in [0.29, 0.717) is 11.4 Å². The second-order valence-electron chi connectivity index (χ2n) is 4.09. The largest absolute Gasteiger partial charge is 0.616 e. The van der Waals surface area contributed by atoms with Crippen LogP contribution < -0.4 is 9.38 Å². The highest BCUT2D eigenvalue weighted by atomic mass is 16.5. The van der Waals surface area contributed by atoms with E-state index in [-0.39, 0.29) is 0 Å². The highest BCUT2D eigenvalue weighted by Gasteiger charge is 2.29. The summed E-state index contributed by atoms with van der Waals surface area (Å²) in [6.45, 7) is 0. The zero-order valence-corrected chi connectivity index (χ0v) is 9.91. The van der Waals surface area contributed by atoms with Crippen LogP contribution in [0.4, 0.5) is 17.1 Å². The van der Waals surface area contributed by atoms with Gasteiger partial charge in [-0.2, -0.15) is 4.99 Å². The Hall–Kier alpha value is -2.17. The fourth-order valence-corrected chi connectivity index (χ4v) is 2.07. The Bertz CT molecular complexity index is 607. The zero-order valence-electron chi connectivity index (χ0n) is 9.91. The smallest absolute Gasteiger partial charge is 0.201 e. The third-order valence-corrected chi connectivity index (χ3v) is 3.06. The van der Waals surface area contributed by atoms with Gasteiger partial charge >= 0.3 is 0 Å². The van der Waals surface area contributed by atoms with Crippen LogP contribution in [0.3, 0.4) is 0 Å². The van der Waals surface area contributed by atoms with E-state index in [1.54, 1.807) is 37.4 Å². The predicted molar refractivity (Wildman–Crippen MR) is 72.4 cm³/mol. The molecule has 1 aliphatic heterocycles. The van der Waals surface area contributed by atoms with E-state index in [2.05, 4.69) is 4.99 Å². The van der Waals surface area contributed by atoms with E-state index in [9.17, 15) is 5.21 Å². The third kappa shape index (κ3) is 1.51. The molecule has 0 fully saturated rings. The summed E-state index contributed by atoms with van der Waals surface area (Å²) in [7, 11) is 1.60. The second kappa shape index (κ2) is 3.94. The Morgan fingerprint density at radius 3 is 2.50 bits per heavy atom. The number of methoxy groups -OCH3 is 1. The molecule has 1 heterocycles. The standard InChI is InChI=1S/C14H12N2O2/c1-18-12-8-6-11(7-9-12)16(17)10-15-13-4-2-3-5-14(13)16/h2-10H,1H3. The van der Waals surface area contributed by atoms with Gasteiger partial charge in [0.25, 0.3) is 0 Å². The fourth-order valence-electron chi connectivity index (χ4n) is 2.07. The molecular weight excluding hydrogens is 228 g/mol. The lowest BCUT2D eigenvalue weighted by Gasteiger charge is -2.33. The number of hydrogen-bond acceptors (Lipinski definition) is 3. The second-order valence-corrected chi connectivity index (χ2v) is 4.09. The molecule has 0 radical (unpaired) electrons. The Morgan fingerprint density at radius 2 is 1.78 bits per heavy atom. The molecule has 4 heteroatoms. The van der Waals surface area contributed by atoms with Crippen LogP contribution in [-0.4, -0.2) is 13.4 Å². The highest BCUT2D eigenvalue weighted by molar-refractivity contribution is 5.95. The van der Waals surface area contributed by atoms with Crippen molar-refractivity contribution in [3.63, 3.8) is 0 Å². The number of rotatable bonds is 2. The predicted octanol–water partition coefficient (Wildman–Crippen LogP) is 3.51. The van der Waals surface area contributed by atoms with Gasteiger partial charge in [0.2, 0.25) is 6.34 Å². The number of hydroxylamine groups is 1. The Labute approximate surface area is 105 Å². The molecule has 1 unspecified atom stereocenters. The van der Waals surface area contributed by atoms with Gasteiger partial charge < -0.3 is 9.94 Å². The van der Waals surface area contributed by atoms with Crippen LogP contribution in [0.25, 0.3) is 0 Å². The summed E-state index contributed by atoms with van der Waals surface area (Å²) in [5, 5.41) is 12.9. The van der Waals surface area contributed by atoms with Crippen molar-refractivity contribution in [2.45, 2.75) is 0 Å². The molecule has 0 aromatic heterocycles. The van der Waals surface area contributed by atoms with E-state index >= 15 is 0 Å². The molecule has 1 atom stereocenters. The summed E-state index contributed by atoms with van der Waals surface area (Å²) < 4.78 is 4.44. The molecule has 0 N–H and O–H groups in total. The maximum Gasteiger partial charge on any atom is 0.201 e. The molecule has 1 aliphatic rings. The average molecular weight is 240 g/mol. The van der Waals surface area contributed by atoms with Crippen LogP contribution in [0.15, 0.2) is 53.5 Å². The first-order valence-corrected chi connectivity index (χ1v) is 5.63. The number of fused-ring (bicyclic) bond motifs is 1. The first kappa shape index (κ1) is 11.0. The minimum Gasteiger partial charge on any atom is -0.616 e. The third-order valence-electron chi connectivity index (χ3n) is 3.06. The topological polar surface area (TPSA) is 44.6 Å². The van der Waals surface area contributed by atoms with Crippen molar-refractivity contribution in [1.29, 1.82) is 0 Å². The van der Waals surface area contributed by atoms with Crippen LogP contribution in [0, 0.1) is 5.21 Å². The zero-order chi connectivity index (χ0) is 12.6. The minimum atomic E-state index is -0.653. The number of nitrogens with zero attached hydrogens (tertiary/aromatic N) is 2. The van der Waals surface area contributed by atoms with Gasteiger partial charge in [0.15, 0.2) is 5.69 Å². The number of aliphatic imine (C=N–C) groups is 1. The number of benzene rings is 2. The van der Waals surface area contributed by atoms with Gasteiger partial charge in [0.05, 0.1) is 7.11 Å². The lowest BCUT2D eigenvalue weighted by Crippen LogP contribution is -2.33. The number of quaternary nitrogens is 1. The summed E-state index contributed by atoms with van der Waals surface area (Å²) in [6.07, 6.45) is 1.41. The van der Waals surface area contributed by atoms with E-state index in [1.807, 2.05) is 18.2 Å². The molecule has 0 saturated heterocycles. The van der Waals surface area contributed by atoms with Crippen LogP contribution in [0.5, 0.6) is 5.75 Å². The van der Waals surface area contributed by atoms with Crippen LogP contribution >= 0.6 is 0 Å². The normalized spacial score (nSPS) is 20.8. The first-order chi connectivity index (χ1) is 8.74. The maximum atomic E-state index is 12.9. The van der Waals surface area contributed by atoms with Crippen molar-refractivity contribution in [3.05, 3.63) is 53.7 Å². The van der Waals surface area contributed by atoms with E-state index in [0.717, 1.165) is 11.4 Å². The van der Waals surface area contributed by atoms with Crippen LogP contribution in [0.1, 0.15) is 0 Å². The summed E-state index contributed by atoms with van der Waals surface area (Å²) in [6, 6.07) is 14.5. The van der Waals surface area contributed by atoms with Crippen molar-refractivity contribution in [2.75, 3.05) is 7.11 Å². The lowest BCUT2D eigenvalue weighted by molar-refractivity contribution is 0.414. The molecule has 0 bridgehead atoms. The van der Waals surface area contributed by atoms with E-state index in [1.165, 1.54) is 6.34 Å². The molecule has 4 nitrogen and oxygen atoms in total. The maximum absolute atomic E-state index is 12.9. The Balaban J connectivity index is 2.08. The molecular formula is C14H12N2O2. The lowest BCUT2D eigenvalue weighted by atomic mass is 10.2. The van der Waals surface area contributed by atoms with Gasteiger partial charge in [-0.3, -0.25) is 4.65 Å². The van der Waals surface area contributed by atoms with Crippen molar-refractivity contribution in [3.8, 4) is 5.75 Å². The summed E-state index contributed by atoms with van der Waals surface area (Å²) >= 11 is 0. The van der Waals surface area contributed by atoms with Crippen molar-refractivity contribution >= 4 is 23.4 Å². The molecule has 2 aromatic carbocycles. The van der Waals surface area contributed by atoms with Gasteiger partial charge in [0.1, 0.15) is 17.1 Å². The average Bonchev–Trinajstić information content (AvgIpc) is 2.78. The van der Waals surface area contributed by atoms with E-state index in [4.69, 9.17) is 4.74 Å². The number of hydrogen-bond donors (Lipinski definition) is 0. The number of ether oxygens (including phenoxy) is 1. The fraction of sp³-hybridized carbons (Fsp3) is 0.0714. The molecule has 2 aromatic rings. The van der Waals surface area contributed by atoms with Gasteiger partial charge in [-0.15, -0.1) is 0 Å². The van der Waals surface area contributed by atoms with E-state index < -0.39 is 4.65 Å². The van der Waals surface area contributed by atoms with Gasteiger partial charge in [-0.05, 0) is 18.2 Å². The van der Waals surface area contributed by atoms with Crippen LogP contribution in [0.2, 0.25) is 0 Å². The summed E-state index contributed by atoms with van der Waals surface area (Å²) in [4.78, 5) is 4.17. The molecule has 0 spiro atoms. The summed E-state index contributed by atoms with van der Waals surface area (Å²) in [5.74, 6) is 0.731. The SMILES string of the molecule is COc1ccc([N+]2([O-])C=Nc3ccccc32)cc1. The molecule has 0 saturated carbocycles. The monoisotopic (exact) mass is 240 g/mol. The molecule has 3 rings (SSSR count). The Morgan fingerprint density at radius 1 is 1.06 bits per heavy atom. The Kier molecular flexibility index (Phi) is 2.40. The number of para-hydroxylation sites is 2. The minimum absolute atomic E-state index is 0.615. The molecule has 0 amide bonds. The van der Waals surface area contributed by atoms with Crippen molar-refractivity contribution in [2.24, 2.45) is 4.99 Å². The highest BCUT2D eigenvalue weighted by Crippen LogP contribution is 2.43. The van der Waals surface area contributed by atoms with Crippen molar-refractivity contribution in [1.82, 2.24) is 4.65 Å². The van der Waals surface area contributed by atoms with Gasteiger partial charge in [-0.1, -0.05) is 12.1 Å². The van der Waals surface area contributed by atoms with Crippen LogP contribution in [-0.2, 0) is 0 Å². The van der Waals surface area contributed by atoms with Gasteiger partial charge in [0, 0.05) is 18.2 Å². The quantitative estimate of drug-likeness (QED) is 0.595. The van der Waals surface area contributed by atoms with Crippen molar-refractivity contribution < 1.29 is 4.74 Å². The van der Waals surface area contributed by atoms with Gasteiger partial charge in [-0.25, -0.2) is 0 Å². The first-order valence-electron chi connectivity index (χ1n) is 5.63. The molecule has 18 heavy (non-hydrogen) atoms.